The lowest BCUT2D eigenvalue weighted by Gasteiger charge is -2.33. The summed E-state index contributed by atoms with van der Waals surface area (Å²) in [5.41, 5.74) is 1.91. The van der Waals surface area contributed by atoms with E-state index in [0.29, 0.717) is 17.5 Å². The second-order valence-corrected chi connectivity index (χ2v) is 7.21. The molecule has 0 saturated heterocycles. The standard InChI is InChI=1S/C21H25NO3S/c1-24-19-10-8-16(14-20(19)25-2)9-11-21(23)22(18-12-13-26-15-18)17-6-4-3-5-7-17/h8-15,17H,3-7H2,1-2H3/b11-9+. The van der Waals surface area contributed by atoms with Crippen LogP contribution in [-0.4, -0.2) is 26.2 Å². The molecule has 1 aromatic heterocycles. The number of thiophene rings is 1. The van der Waals surface area contributed by atoms with E-state index in [1.807, 2.05) is 40.6 Å². The van der Waals surface area contributed by atoms with Crippen molar-refractivity contribution in [2.75, 3.05) is 19.1 Å². The van der Waals surface area contributed by atoms with Gasteiger partial charge < -0.3 is 14.4 Å². The summed E-state index contributed by atoms with van der Waals surface area (Å²) in [7, 11) is 3.22. The topological polar surface area (TPSA) is 38.8 Å². The Hall–Kier alpha value is -2.27. The molecule has 1 saturated carbocycles. The summed E-state index contributed by atoms with van der Waals surface area (Å²) in [6.07, 6.45) is 9.30. The second-order valence-electron chi connectivity index (χ2n) is 6.43. The number of ether oxygens (including phenoxy) is 2. The van der Waals surface area contributed by atoms with Crippen molar-refractivity contribution in [3.63, 3.8) is 0 Å². The van der Waals surface area contributed by atoms with E-state index in [1.54, 1.807) is 31.6 Å². The first kappa shape index (κ1) is 18.5. The lowest BCUT2D eigenvalue weighted by Crippen LogP contribution is -2.40. The Balaban J connectivity index is 1.80. The van der Waals surface area contributed by atoms with Crippen molar-refractivity contribution in [2.24, 2.45) is 0 Å². The molecule has 0 aliphatic heterocycles. The first-order valence-corrected chi connectivity index (χ1v) is 9.92. The highest BCUT2D eigenvalue weighted by atomic mass is 32.1. The summed E-state index contributed by atoms with van der Waals surface area (Å²) >= 11 is 1.62. The molecule has 0 unspecified atom stereocenters. The summed E-state index contributed by atoms with van der Waals surface area (Å²) in [5.74, 6) is 1.37. The molecule has 1 aliphatic carbocycles. The van der Waals surface area contributed by atoms with Gasteiger partial charge in [0, 0.05) is 17.5 Å². The summed E-state index contributed by atoms with van der Waals surface area (Å²) < 4.78 is 10.6. The van der Waals surface area contributed by atoms with Crippen LogP contribution in [0.15, 0.2) is 41.1 Å². The van der Waals surface area contributed by atoms with E-state index < -0.39 is 0 Å². The Morgan fingerprint density at radius 3 is 2.54 bits per heavy atom. The zero-order chi connectivity index (χ0) is 18.4. The van der Waals surface area contributed by atoms with Crippen molar-refractivity contribution in [3.8, 4) is 11.5 Å². The van der Waals surface area contributed by atoms with Crippen LogP contribution in [0, 0.1) is 0 Å². The van der Waals surface area contributed by atoms with E-state index in [0.717, 1.165) is 24.1 Å². The monoisotopic (exact) mass is 371 g/mol. The molecule has 26 heavy (non-hydrogen) atoms. The quantitative estimate of drug-likeness (QED) is 0.660. The first-order chi connectivity index (χ1) is 12.7. The Kier molecular flexibility index (Phi) is 6.34. The molecule has 1 fully saturated rings. The third-order valence-corrected chi connectivity index (χ3v) is 5.46. The smallest absolute Gasteiger partial charge is 0.251 e. The minimum absolute atomic E-state index is 0.0325. The minimum Gasteiger partial charge on any atom is -0.493 e. The fourth-order valence-corrected chi connectivity index (χ4v) is 4.08. The number of nitrogens with zero attached hydrogens (tertiary/aromatic N) is 1. The normalized spacial score (nSPS) is 15.2. The molecular formula is C21H25NO3S. The van der Waals surface area contributed by atoms with Crippen LogP contribution in [0.5, 0.6) is 11.5 Å². The number of rotatable bonds is 6. The van der Waals surface area contributed by atoms with Gasteiger partial charge in [-0.15, -0.1) is 0 Å². The van der Waals surface area contributed by atoms with Crippen LogP contribution in [0.3, 0.4) is 0 Å². The molecule has 1 heterocycles. The molecule has 0 bridgehead atoms. The van der Waals surface area contributed by atoms with E-state index in [4.69, 9.17) is 9.47 Å². The average molecular weight is 372 g/mol. The van der Waals surface area contributed by atoms with Crippen LogP contribution in [0.2, 0.25) is 0 Å². The molecule has 0 atom stereocenters. The number of carbonyl (C=O) groups excluding carboxylic acids is 1. The molecule has 0 N–H and O–H groups in total. The maximum Gasteiger partial charge on any atom is 0.251 e. The largest absolute Gasteiger partial charge is 0.493 e. The van der Waals surface area contributed by atoms with Crippen LogP contribution in [0.25, 0.3) is 6.08 Å². The number of amides is 1. The van der Waals surface area contributed by atoms with Crippen molar-refractivity contribution in [3.05, 3.63) is 46.7 Å². The Bertz CT molecular complexity index is 749. The number of anilines is 1. The van der Waals surface area contributed by atoms with Crippen molar-refractivity contribution in [2.45, 2.75) is 38.1 Å². The maximum absolute atomic E-state index is 13.0. The van der Waals surface area contributed by atoms with Crippen LogP contribution < -0.4 is 14.4 Å². The van der Waals surface area contributed by atoms with Gasteiger partial charge in [-0.3, -0.25) is 4.79 Å². The van der Waals surface area contributed by atoms with Crippen LogP contribution in [0.1, 0.15) is 37.7 Å². The van der Waals surface area contributed by atoms with Gasteiger partial charge in [0.25, 0.3) is 5.91 Å². The molecule has 1 aliphatic rings. The number of methoxy groups -OCH3 is 2. The van der Waals surface area contributed by atoms with Gasteiger partial charge in [0.2, 0.25) is 0 Å². The fourth-order valence-electron chi connectivity index (χ4n) is 3.46. The predicted molar refractivity (Wildman–Crippen MR) is 107 cm³/mol. The van der Waals surface area contributed by atoms with Gasteiger partial charge in [-0.1, -0.05) is 25.3 Å². The van der Waals surface area contributed by atoms with E-state index in [2.05, 4.69) is 5.38 Å². The number of carbonyl (C=O) groups is 1. The average Bonchev–Trinajstić information content (AvgIpc) is 3.21. The third-order valence-electron chi connectivity index (χ3n) is 4.79. The van der Waals surface area contributed by atoms with Crippen molar-refractivity contribution >= 4 is 29.0 Å². The van der Waals surface area contributed by atoms with E-state index in [-0.39, 0.29) is 5.91 Å². The van der Waals surface area contributed by atoms with Gasteiger partial charge in [-0.05, 0) is 48.1 Å². The minimum atomic E-state index is 0.0325. The second kappa shape index (κ2) is 8.90. The predicted octanol–water partition coefficient (Wildman–Crippen LogP) is 5.14. The van der Waals surface area contributed by atoms with E-state index >= 15 is 0 Å². The van der Waals surface area contributed by atoms with E-state index in [1.165, 1.54) is 19.3 Å². The Labute approximate surface area is 159 Å². The molecule has 0 radical (unpaired) electrons. The highest BCUT2D eigenvalue weighted by Gasteiger charge is 2.25. The molecule has 5 heteroatoms. The zero-order valence-corrected chi connectivity index (χ0v) is 16.1. The molecule has 3 rings (SSSR count). The number of hydrogen-bond acceptors (Lipinski definition) is 4. The Morgan fingerprint density at radius 2 is 1.88 bits per heavy atom. The fraction of sp³-hybridized carbons (Fsp3) is 0.381. The van der Waals surface area contributed by atoms with Gasteiger partial charge in [0.15, 0.2) is 11.5 Å². The number of benzene rings is 1. The lowest BCUT2D eigenvalue weighted by molar-refractivity contribution is -0.114. The number of hydrogen-bond donors (Lipinski definition) is 0. The SMILES string of the molecule is COc1ccc(/C=C/C(=O)N(c2ccsc2)C2CCCCC2)cc1OC. The lowest BCUT2D eigenvalue weighted by atomic mass is 9.94. The van der Waals surface area contributed by atoms with Gasteiger partial charge in [-0.25, -0.2) is 0 Å². The summed E-state index contributed by atoms with van der Waals surface area (Å²) in [6.45, 7) is 0. The van der Waals surface area contributed by atoms with Crippen molar-refractivity contribution in [1.82, 2.24) is 0 Å². The maximum atomic E-state index is 13.0. The highest BCUT2D eigenvalue weighted by molar-refractivity contribution is 7.08. The van der Waals surface area contributed by atoms with Gasteiger partial charge in [0.05, 0.1) is 19.9 Å². The van der Waals surface area contributed by atoms with Crippen molar-refractivity contribution < 1.29 is 14.3 Å². The summed E-state index contributed by atoms with van der Waals surface area (Å²) in [6, 6.07) is 7.96. The van der Waals surface area contributed by atoms with Gasteiger partial charge in [0.1, 0.15) is 0 Å². The summed E-state index contributed by atoms with van der Waals surface area (Å²) in [5, 5.41) is 4.08. The molecule has 1 aromatic carbocycles. The van der Waals surface area contributed by atoms with Gasteiger partial charge >= 0.3 is 0 Å². The first-order valence-electron chi connectivity index (χ1n) is 8.98. The van der Waals surface area contributed by atoms with Crippen LogP contribution in [0.4, 0.5) is 5.69 Å². The molecule has 0 spiro atoms. The molecular weight excluding hydrogens is 346 g/mol. The zero-order valence-electron chi connectivity index (χ0n) is 15.3. The molecule has 138 valence electrons. The van der Waals surface area contributed by atoms with Crippen molar-refractivity contribution in [1.29, 1.82) is 0 Å². The Morgan fingerprint density at radius 1 is 1.12 bits per heavy atom. The van der Waals surface area contributed by atoms with Crippen LogP contribution >= 0.6 is 11.3 Å². The summed E-state index contributed by atoms with van der Waals surface area (Å²) in [4.78, 5) is 14.9. The third kappa shape index (κ3) is 4.28. The highest BCUT2D eigenvalue weighted by Crippen LogP contribution is 2.30. The molecule has 2 aromatic rings. The van der Waals surface area contributed by atoms with Crippen LogP contribution in [-0.2, 0) is 4.79 Å². The van der Waals surface area contributed by atoms with Gasteiger partial charge in [-0.2, -0.15) is 11.3 Å². The molecule has 4 nitrogen and oxygen atoms in total. The van der Waals surface area contributed by atoms with E-state index in [9.17, 15) is 4.79 Å². The molecule has 1 amide bonds.